The number of anilines is 1. The van der Waals surface area contributed by atoms with Gasteiger partial charge in [0.15, 0.2) is 0 Å². The molecule has 3 rings (SSSR count). The summed E-state index contributed by atoms with van der Waals surface area (Å²) >= 11 is 0. The van der Waals surface area contributed by atoms with Gasteiger partial charge in [0.1, 0.15) is 0 Å². The maximum Gasteiger partial charge on any atom is 0.250 e. The van der Waals surface area contributed by atoms with Gasteiger partial charge in [0, 0.05) is 50.7 Å². The number of rotatable bonds is 3. The monoisotopic (exact) mass is 322 g/mol. The molecule has 0 saturated carbocycles. The van der Waals surface area contributed by atoms with Gasteiger partial charge in [-0.15, -0.1) is 0 Å². The van der Waals surface area contributed by atoms with Crippen molar-refractivity contribution in [3.63, 3.8) is 0 Å². The van der Waals surface area contributed by atoms with Crippen LogP contribution in [-0.4, -0.2) is 43.0 Å². The van der Waals surface area contributed by atoms with Crippen LogP contribution in [0, 0.1) is 0 Å². The van der Waals surface area contributed by atoms with Crippen molar-refractivity contribution in [2.24, 2.45) is 0 Å². The van der Waals surface area contributed by atoms with Gasteiger partial charge in [-0.3, -0.25) is 4.90 Å². The van der Waals surface area contributed by atoms with Crippen LogP contribution >= 0.6 is 0 Å². The minimum atomic E-state index is -2.44. The molecule has 2 heterocycles. The molecular formula is C19H28F2N2. The average molecular weight is 322 g/mol. The molecule has 0 bridgehead atoms. The summed E-state index contributed by atoms with van der Waals surface area (Å²) in [5.74, 6) is -1.87. The van der Waals surface area contributed by atoms with Crippen LogP contribution in [0.25, 0.3) is 0 Å². The quantitative estimate of drug-likeness (QED) is 0.808. The molecule has 128 valence electrons. The minimum absolute atomic E-state index is 0.0316. The molecule has 0 amide bonds. The Bertz CT molecular complexity index is 495. The molecule has 4 heteroatoms. The summed E-state index contributed by atoms with van der Waals surface area (Å²) in [5, 5.41) is 0. The van der Waals surface area contributed by atoms with Gasteiger partial charge in [-0.05, 0) is 36.5 Å². The second-order valence-electron chi connectivity index (χ2n) is 7.36. The van der Waals surface area contributed by atoms with E-state index in [-0.39, 0.29) is 12.8 Å². The van der Waals surface area contributed by atoms with Gasteiger partial charge in [-0.25, -0.2) is 8.78 Å². The molecule has 1 aromatic carbocycles. The highest BCUT2D eigenvalue weighted by Gasteiger charge is 2.36. The molecule has 0 atom stereocenters. The fourth-order valence-corrected chi connectivity index (χ4v) is 3.78. The van der Waals surface area contributed by atoms with Gasteiger partial charge in [0.05, 0.1) is 0 Å². The predicted molar refractivity (Wildman–Crippen MR) is 91.5 cm³/mol. The molecule has 2 nitrogen and oxygen atoms in total. The van der Waals surface area contributed by atoms with Gasteiger partial charge in [-0.2, -0.15) is 0 Å². The third-order valence-electron chi connectivity index (χ3n) is 5.44. The number of hydrogen-bond donors (Lipinski definition) is 0. The number of likely N-dealkylation sites (tertiary alicyclic amines) is 1. The van der Waals surface area contributed by atoms with E-state index in [1.807, 2.05) is 0 Å². The highest BCUT2D eigenvalue weighted by atomic mass is 19.3. The number of piperidine rings is 2. The van der Waals surface area contributed by atoms with E-state index >= 15 is 0 Å². The molecule has 2 saturated heterocycles. The van der Waals surface area contributed by atoms with Gasteiger partial charge >= 0.3 is 0 Å². The summed E-state index contributed by atoms with van der Waals surface area (Å²) in [7, 11) is 0. The van der Waals surface area contributed by atoms with Crippen LogP contribution in [0.4, 0.5) is 14.5 Å². The van der Waals surface area contributed by atoms with Crippen molar-refractivity contribution in [2.75, 3.05) is 31.1 Å². The van der Waals surface area contributed by atoms with E-state index in [0.29, 0.717) is 25.0 Å². The summed E-state index contributed by atoms with van der Waals surface area (Å²) in [6.45, 7) is 7.59. The van der Waals surface area contributed by atoms with Crippen LogP contribution in [0.3, 0.4) is 0 Å². The van der Waals surface area contributed by atoms with Crippen LogP contribution in [0.1, 0.15) is 51.0 Å². The van der Waals surface area contributed by atoms with Crippen LogP contribution in [0.15, 0.2) is 24.3 Å². The maximum atomic E-state index is 13.3. The maximum absolute atomic E-state index is 13.3. The van der Waals surface area contributed by atoms with E-state index in [9.17, 15) is 8.78 Å². The van der Waals surface area contributed by atoms with Crippen molar-refractivity contribution in [3.8, 4) is 0 Å². The summed E-state index contributed by atoms with van der Waals surface area (Å²) in [4.78, 5) is 4.72. The zero-order valence-electron chi connectivity index (χ0n) is 14.3. The Morgan fingerprint density at radius 2 is 1.52 bits per heavy atom. The summed E-state index contributed by atoms with van der Waals surface area (Å²) in [6.07, 6.45) is 2.22. The lowest BCUT2D eigenvalue weighted by atomic mass is 9.97. The first-order chi connectivity index (χ1) is 10.9. The van der Waals surface area contributed by atoms with Gasteiger partial charge < -0.3 is 4.90 Å². The van der Waals surface area contributed by atoms with Crippen LogP contribution < -0.4 is 4.90 Å². The first kappa shape index (κ1) is 16.7. The fraction of sp³-hybridized carbons (Fsp3) is 0.684. The van der Waals surface area contributed by atoms with Crippen molar-refractivity contribution in [2.45, 2.75) is 57.4 Å². The number of alkyl halides is 2. The van der Waals surface area contributed by atoms with E-state index in [0.717, 1.165) is 25.9 Å². The third-order valence-corrected chi connectivity index (χ3v) is 5.44. The second-order valence-corrected chi connectivity index (χ2v) is 7.36. The number of hydrogen-bond acceptors (Lipinski definition) is 2. The van der Waals surface area contributed by atoms with E-state index < -0.39 is 5.92 Å². The number of nitrogens with zero attached hydrogens (tertiary/aromatic N) is 2. The topological polar surface area (TPSA) is 6.48 Å². The zero-order chi connectivity index (χ0) is 16.4. The standard InChI is InChI=1S/C19H28F2N2/c1-15(2)16-3-5-17(6-4-16)22-11-7-18(8-12-22)23-13-9-19(20,21)10-14-23/h3-6,15,18H,7-14H2,1-2H3. The van der Waals surface area contributed by atoms with Crippen LogP contribution in [0.5, 0.6) is 0 Å². The number of halogens is 2. The Kier molecular flexibility index (Phi) is 4.90. The Labute approximate surface area is 138 Å². The molecule has 0 spiro atoms. The molecule has 2 fully saturated rings. The average Bonchev–Trinajstić information content (AvgIpc) is 2.55. The van der Waals surface area contributed by atoms with Gasteiger partial charge in [0.25, 0.3) is 5.92 Å². The lowest BCUT2D eigenvalue weighted by Gasteiger charge is -2.42. The van der Waals surface area contributed by atoms with E-state index in [2.05, 4.69) is 47.9 Å². The lowest BCUT2D eigenvalue weighted by molar-refractivity contribution is -0.0646. The fourth-order valence-electron chi connectivity index (χ4n) is 3.78. The summed E-state index contributed by atoms with van der Waals surface area (Å²) in [6, 6.07) is 9.36. The molecule has 0 radical (unpaired) electrons. The largest absolute Gasteiger partial charge is 0.371 e. The Morgan fingerprint density at radius 1 is 0.957 bits per heavy atom. The van der Waals surface area contributed by atoms with Crippen molar-refractivity contribution < 1.29 is 8.78 Å². The molecule has 1 aromatic rings. The van der Waals surface area contributed by atoms with Crippen LogP contribution in [0.2, 0.25) is 0 Å². The third kappa shape index (κ3) is 4.03. The summed E-state index contributed by atoms with van der Waals surface area (Å²) < 4.78 is 26.6. The van der Waals surface area contributed by atoms with Crippen molar-refractivity contribution in [1.29, 1.82) is 0 Å². The van der Waals surface area contributed by atoms with Gasteiger partial charge in [-0.1, -0.05) is 26.0 Å². The molecule has 0 aromatic heterocycles. The summed E-state index contributed by atoms with van der Waals surface area (Å²) in [5.41, 5.74) is 2.66. The highest BCUT2D eigenvalue weighted by molar-refractivity contribution is 5.48. The molecule has 2 aliphatic heterocycles. The van der Waals surface area contributed by atoms with E-state index in [1.165, 1.54) is 11.3 Å². The Hall–Kier alpha value is -1.16. The van der Waals surface area contributed by atoms with E-state index in [1.54, 1.807) is 0 Å². The highest BCUT2D eigenvalue weighted by Crippen LogP contribution is 2.31. The normalized spacial score (nSPS) is 23.4. The van der Waals surface area contributed by atoms with Crippen molar-refractivity contribution in [1.82, 2.24) is 4.90 Å². The second kappa shape index (κ2) is 6.76. The van der Waals surface area contributed by atoms with Crippen molar-refractivity contribution in [3.05, 3.63) is 29.8 Å². The molecule has 0 aliphatic carbocycles. The molecule has 2 aliphatic rings. The van der Waals surface area contributed by atoms with E-state index in [4.69, 9.17) is 0 Å². The van der Waals surface area contributed by atoms with Gasteiger partial charge in [0.2, 0.25) is 0 Å². The lowest BCUT2D eigenvalue weighted by Crippen LogP contribution is -2.49. The minimum Gasteiger partial charge on any atom is -0.371 e. The Balaban J connectivity index is 1.52. The molecule has 0 N–H and O–H groups in total. The van der Waals surface area contributed by atoms with Crippen molar-refractivity contribution >= 4 is 5.69 Å². The molecule has 0 unspecified atom stereocenters. The van der Waals surface area contributed by atoms with Crippen LogP contribution in [-0.2, 0) is 0 Å². The Morgan fingerprint density at radius 3 is 2.04 bits per heavy atom. The first-order valence-electron chi connectivity index (χ1n) is 8.91. The first-order valence-corrected chi connectivity index (χ1v) is 8.91. The molecule has 23 heavy (non-hydrogen) atoms. The molecular weight excluding hydrogens is 294 g/mol. The zero-order valence-corrected chi connectivity index (χ0v) is 14.3. The number of benzene rings is 1. The predicted octanol–water partition coefficient (Wildman–Crippen LogP) is 4.51. The SMILES string of the molecule is CC(C)c1ccc(N2CCC(N3CCC(F)(F)CC3)CC2)cc1. The smallest absolute Gasteiger partial charge is 0.250 e.